The number of rotatable bonds is 4. The van der Waals surface area contributed by atoms with Crippen molar-refractivity contribution in [2.24, 2.45) is 0 Å². The van der Waals surface area contributed by atoms with Crippen LogP contribution < -0.4 is 20.7 Å². The van der Waals surface area contributed by atoms with Gasteiger partial charge in [0.1, 0.15) is 11.4 Å². The molecule has 3 aromatic carbocycles. The molecule has 38 heavy (non-hydrogen) atoms. The number of alkyl halides is 3. The molecule has 0 saturated carbocycles. The van der Waals surface area contributed by atoms with Gasteiger partial charge in [0.15, 0.2) is 5.82 Å². The molecule has 0 spiro atoms. The van der Waals surface area contributed by atoms with Crippen molar-refractivity contribution in [1.82, 2.24) is 15.1 Å². The third-order valence-corrected chi connectivity index (χ3v) is 6.38. The number of carbonyl (C=O) groups excluding carboxylic acids is 1. The van der Waals surface area contributed by atoms with Crippen molar-refractivity contribution >= 4 is 34.0 Å². The van der Waals surface area contributed by atoms with Gasteiger partial charge in [-0.1, -0.05) is 36.4 Å². The first-order valence-electron chi connectivity index (χ1n) is 12.0. The zero-order valence-electron chi connectivity index (χ0n) is 20.4. The second-order valence-electron chi connectivity index (χ2n) is 9.03. The number of nitrogens with zero attached hydrogens (tertiary/aromatic N) is 4. The molecule has 0 aliphatic carbocycles. The summed E-state index contributed by atoms with van der Waals surface area (Å²) in [4.78, 5) is 16.7. The molecule has 1 fully saturated rings. The number of nitrogens with two attached hydrogens (primary N) is 1. The molecule has 0 bridgehead atoms. The predicted octanol–water partition coefficient (Wildman–Crippen LogP) is 5.52. The number of anilines is 3. The van der Waals surface area contributed by atoms with Gasteiger partial charge in [0, 0.05) is 53.4 Å². The molecule has 1 aromatic heterocycles. The molecule has 5 rings (SSSR count). The SMILES string of the molecule is C[C@H]1CN(C(=O)Nc2ccc(OC(F)(F)F)cc2)CCN1c1nnc(-c2ccc(N)cc2)c2ccccc12. The van der Waals surface area contributed by atoms with Gasteiger partial charge in [-0.2, -0.15) is 0 Å². The Morgan fingerprint density at radius 2 is 1.66 bits per heavy atom. The number of aromatic nitrogens is 2. The predicted molar refractivity (Wildman–Crippen MR) is 140 cm³/mol. The number of carbonyl (C=O) groups is 1. The Balaban J connectivity index is 1.30. The second kappa shape index (κ2) is 10.1. The van der Waals surface area contributed by atoms with Crippen LogP contribution in [0.1, 0.15) is 6.92 Å². The second-order valence-corrected chi connectivity index (χ2v) is 9.03. The zero-order chi connectivity index (χ0) is 26.9. The molecule has 1 atom stereocenters. The Morgan fingerprint density at radius 3 is 2.32 bits per heavy atom. The molecule has 1 aliphatic rings. The van der Waals surface area contributed by atoms with E-state index in [1.54, 1.807) is 4.90 Å². The summed E-state index contributed by atoms with van der Waals surface area (Å²) in [5, 5.41) is 13.8. The molecule has 11 heteroatoms. The molecular formula is C27H25F3N6O2. The van der Waals surface area contributed by atoms with Gasteiger partial charge >= 0.3 is 12.4 Å². The van der Waals surface area contributed by atoms with Crippen LogP contribution in [0, 0.1) is 0 Å². The van der Waals surface area contributed by atoms with Crippen LogP contribution in [0.15, 0.2) is 72.8 Å². The largest absolute Gasteiger partial charge is 0.573 e. The maximum Gasteiger partial charge on any atom is 0.573 e. The molecule has 196 valence electrons. The highest BCUT2D eigenvalue weighted by Gasteiger charge is 2.31. The van der Waals surface area contributed by atoms with Crippen molar-refractivity contribution in [3.05, 3.63) is 72.8 Å². The first-order valence-corrected chi connectivity index (χ1v) is 12.0. The van der Waals surface area contributed by atoms with Crippen LogP contribution in [-0.4, -0.2) is 53.2 Å². The van der Waals surface area contributed by atoms with Crippen molar-refractivity contribution in [2.75, 3.05) is 35.6 Å². The molecule has 0 radical (unpaired) electrons. The van der Waals surface area contributed by atoms with E-state index in [4.69, 9.17) is 5.73 Å². The Morgan fingerprint density at radius 1 is 0.974 bits per heavy atom. The summed E-state index contributed by atoms with van der Waals surface area (Å²) >= 11 is 0. The van der Waals surface area contributed by atoms with E-state index in [-0.39, 0.29) is 17.8 Å². The van der Waals surface area contributed by atoms with Crippen molar-refractivity contribution < 1.29 is 22.7 Å². The number of halogens is 3. The van der Waals surface area contributed by atoms with Gasteiger partial charge in [0.2, 0.25) is 0 Å². The van der Waals surface area contributed by atoms with E-state index in [0.717, 1.165) is 40.0 Å². The number of amides is 2. The van der Waals surface area contributed by atoms with E-state index in [1.807, 2.05) is 55.5 Å². The maximum absolute atomic E-state index is 12.9. The Hall–Kier alpha value is -4.54. The van der Waals surface area contributed by atoms with Crippen LogP contribution in [0.5, 0.6) is 5.75 Å². The maximum atomic E-state index is 12.9. The van der Waals surface area contributed by atoms with Crippen LogP contribution in [0.4, 0.5) is 35.2 Å². The van der Waals surface area contributed by atoms with Crippen molar-refractivity contribution in [2.45, 2.75) is 19.3 Å². The minimum atomic E-state index is -4.77. The topological polar surface area (TPSA) is 96.6 Å². The number of ether oxygens (including phenoxy) is 1. The average Bonchev–Trinajstić information content (AvgIpc) is 2.89. The van der Waals surface area contributed by atoms with Crippen LogP contribution in [0.2, 0.25) is 0 Å². The first kappa shape index (κ1) is 25.1. The van der Waals surface area contributed by atoms with E-state index in [0.29, 0.717) is 31.0 Å². The molecule has 3 N–H and O–H groups in total. The number of nitrogen functional groups attached to an aromatic ring is 1. The van der Waals surface area contributed by atoms with Crippen LogP contribution in [0.25, 0.3) is 22.0 Å². The van der Waals surface area contributed by atoms with E-state index in [2.05, 4.69) is 25.2 Å². The standard InChI is InChI=1S/C27H25F3N6O2/c1-17-16-35(26(37)32-20-10-12-21(13-11-20)38-27(28,29)30)14-15-36(17)25-23-5-3-2-4-22(23)24(33-34-25)18-6-8-19(31)9-7-18/h2-13,17H,14-16,31H2,1H3,(H,32,37)/t17-/m0/s1. The number of benzene rings is 3. The normalized spacial score (nSPS) is 15.9. The summed E-state index contributed by atoms with van der Waals surface area (Å²) in [6.45, 7) is 3.40. The fourth-order valence-electron chi connectivity index (χ4n) is 4.56. The average molecular weight is 523 g/mol. The lowest BCUT2D eigenvalue weighted by Crippen LogP contribution is -2.55. The van der Waals surface area contributed by atoms with Crippen molar-refractivity contribution in [3.8, 4) is 17.0 Å². The summed E-state index contributed by atoms with van der Waals surface area (Å²) in [5.41, 5.74) is 8.56. The van der Waals surface area contributed by atoms with Gasteiger partial charge in [-0.25, -0.2) is 4.79 Å². The van der Waals surface area contributed by atoms with E-state index >= 15 is 0 Å². The minimum Gasteiger partial charge on any atom is -0.406 e. The molecule has 2 heterocycles. The van der Waals surface area contributed by atoms with E-state index < -0.39 is 6.36 Å². The molecule has 1 saturated heterocycles. The van der Waals surface area contributed by atoms with Gasteiger partial charge in [-0.15, -0.1) is 23.4 Å². The van der Waals surface area contributed by atoms with Crippen LogP contribution in [-0.2, 0) is 0 Å². The number of urea groups is 1. The lowest BCUT2D eigenvalue weighted by atomic mass is 10.0. The molecular weight excluding hydrogens is 497 g/mol. The van der Waals surface area contributed by atoms with E-state index in [1.165, 1.54) is 12.1 Å². The third kappa shape index (κ3) is 5.41. The van der Waals surface area contributed by atoms with Gasteiger partial charge in [-0.05, 0) is 43.3 Å². The number of fused-ring (bicyclic) bond motifs is 1. The quantitative estimate of drug-likeness (QED) is 0.343. The number of piperazine rings is 1. The van der Waals surface area contributed by atoms with Crippen LogP contribution >= 0.6 is 0 Å². The van der Waals surface area contributed by atoms with Crippen LogP contribution in [0.3, 0.4) is 0 Å². The summed E-state index contributed by atoms with van der Waals surface area (Å²) in [6, 6.07) is 20.1. The Kier molecular flexibility index (Phi) is 6.66. The van der Waals surface area contributed by atoms with E-state index in [9.17, 15) is 18.0 Å². The van der Waals surface area contributed by atoms with Crippen molar-refractivity contribution in [1.29, 1.82) is 0 Å². The van der Waals surface area contributed by atoms with Gasteiger partial charge in [0.25, 0.3) is 0 Å². The highest BCUT2D eigenvalue weighted by molar-refractivity contribution is 6.00. The molecule has 0 unspecified atom stereocenters. The zero-order valence-corrected chi connectivity index (χ0v) is 20.4. The Labute approximate surface area is 216 Å². The van der Waals surface area contributed by atoms with Crippen molar-refractivity contribution in [3.63, 3.8) is 0 Å². The summed E-state index contributed by atoms with van der Waals surface area (Å²) in [7, 11) is 0. The fourth-order valence-corrected chi connectivity index (χ4v) is 4.56. The lowest BCUT2D eigenvalue weighted by Gasteiger charge is -2.40. The number of hydrogen-bond acceptors (Lipinski definition) is 6. The fraction of sp³-hybridized carbons (Fsp3) is 0.222. The van der Waals surface area contributed by atoms with Gasteiger partial charge in [0.05, 0.1) is 0 Å². The monoisotopic (exact) mass is 522 g/mol. The highest BCUT2D eigenvalue weighted by atomic mass is 19.4. The minimum absolute atomic E-state index is 0.0582. The smallest absolute Gasteiger partial charge is 0.406 e. The lowest BCUT2D eigenvalue weighted by molar-refractivity contribution is -0.274. The summed E-state index contributed by atoms with van der Waals surface area (Å²) in [6.07, 6.45) is -4.77. The Bertz CT molecular complexity index is 1440. The third-order valence-electron chi connectivity index (χ3n) is 6.38. The van der Waals surface area contributed by atoms with Gasteiger partial charge < -0.3 is 25.6 Å². The summed E-state index contributed by atoms with van der Waals surface area (Å²) in [5.74, 6) is 0.390. The highest BCUT2D eigenvalue weighted by Crippen LogP contribution is 2.33. The summed E-state index contributed by atoms with van der Waals surface area (Å²) < 4.78 is 41.0. The number of hydrogen-bond donors (Lipinski definition) is 2. The van der Waals surface area contributed by atoms with Gasteiger partial charge in [-0.3, -0.25) is 0 Å². The number of nitrogens with one attached hydrogen (secondary N) is 1. The molecule has 1 aliphatic heterocycles. The molecule has 4 aromatic rings. The molecule has 8 nitrogen and oxygen atoms in total. The molecule has 2 amide bonds. The first-order chi connectivity index (χ1) is 18.2.